The molecule has 0 aliphatic carbocycles. The van der Waals surface area contributed by atoms with Crippen molar-refractivity contribution < 1.29 is 4.42 Å². The molecule has 1 aliphatic rings. The van der Waals surface area contributed by atoms with Crippen LogP contribution < -0.4 is 16.1 Å². The molecule has 3 heterocycles. The third-order valence-corrected chi connectivity index (χ3v) is 5.06. The first kappa shape index (κ1) is 20.1. The fourth-order valence-corrected chi connectivity index (χ4v) is 3.49. The van der Waals surface area contributed by atoms with Crippen LogP contribution in [0.25, 0.3) is 11.3 Å². The van der Waals surface area contributed by atoms with Gasteiger partial charge in [-0.05, 0) is 42.0 Å². The van der Waals surface area contributed by atoms with E-state index in [-0.39, 0.29) is 5.11 Å². The summed E-state index contributed by atoms with van der Waals surface area (Å²) in [6.45, 7) is 4.99. The lowest BCUT2D eigenvalue weighted by atomic mass is 10.2. The Labute approximate surface area is 181 Å². The maximum Gasteiger partial charge on any atom is 0.184 e. The molecule has 0 atom stereocenters. The van der Waals surface area contributed by atoms with Gasteiger partial charge < -0.3 is 15.1 Å². The summed E-state index contributed by atoms with van der Waals surface area (Å²) in [5, 5.41) is 4.00. The van der Waals surface area contributed by atoms with E-state index in [1.165, 1.54) is 11.8 Å². The van der Waals surface area contributed by atoms with Crippen LogP contribution in [-0.4, -0.2) is 47.4 Å². The molecule has 0 spiro atoms. The molecular weight excluding hydrogens is 396 g/mol. The van der Waals surface area contributed by atoms with Crippen molar-refractivity contribution in [2.24, 2.45) is 10.8 Å². The number of hydrazone groups is 1. The number of rotatable bonds is 6. The third-order valence-electron chi connectivity index (χ3n) is 4.97. The van der Waals surface area contributed by atoms with E-state index in [0.29, 0.717) is 5.76 Å². The zero-order chi connectivity index (χ0) is 20.8. The number of aromatic nitrogens is 1. The van der Waals surface area contributed by atoms with Crippen LogP contribution in [0.5, 0.6) is 0 Å². The molecule has 3 N–H and O–H groups in total. The molecule has 0 radical (unpaired) electrons. The van der Waals surface area contributed by atoms with Gasteiger partial charge in [0.1, 0.15) is 17.3 Å². The van der Waals surface area contributed by atoms with Gasteiger partial charge >= 0.3 is 0 Å². The third kappa shape index (κ3) is 5.22. The number of benzene rings is 1. The molecule has 0 amide bonds. The summed E-state index contributed by atoms with van der Waals surface area (Å²) < 4.78 is 5.77. The van der Waals surface area contributed by atoms with Crippen LogP contribution in [0.3, 0.4) is 0 Å². The summed E-state index contributed by atoms with van der Waals surface area (Å²) >= 11 is 4.70. The first-order valence-electron chi connectivity index (χ1n) is 9.83. The minimum atomic E-state index is 0.110. The zero-order valence-corrected chi connectivity index (χ0v) is 17.4. The number of hydrogen-bond donors (Lipinski definition) is 2. The number of anilines is 1. The Kier molecular flexibility index (Phi) is 6.36. The predicted molar refractivity (Wildman–Crippen MR) is 123 cm³/mol. The topological polar surface area (TPSA) is 82.9 Å². The van der Waals surface area contributed by atoms with Gasteiger partial charge in [0.05, 0.1) is 6.21 Å². The Balaban J connectivity index is 1.32. The van der Waals surface area contributed by atoms with Crippen molar-refractivity contribution in [2.75, 3.05) is 31.1 Å². The largest absolute Gasteiger partial charge is 0.455 e. The molecule has 0 saturated carbocycles. The molecule has 1 saturated heterocycles. The van der Waals surface area contributed by atoms with Crippen LogP contribution in [0.1, 0.15) is 11.3 Å². The lowest BCUT2D eigenvalue weighted by molar-refractivity contribution is 0.249. The first-order valence-corrected chi connectivity index (χ1v) is 10.2. The van der Waals surface area contributed by atoms with Gasteiger partial charge in [0.25, 0.3) is 0 Å². The van der Waals surface area contributed by atoms with Gasteiger partial charge in [0.2, 0.25) is 0 Å². The fourth-order valence-electron chi connectivity index (χ4n) is 3.43. The highest BCUT2D eigenvalue weighted by Gasteiger charge is 2.18. The van der Waals surface area contributed by atoms with E-state index in [9.17, 15) is 0 Å². The van der Waals surface area contributed by atoms with E-state index in [1.807, 2.05) is 30.5 Å². The zero-order valence-electron chi connectivity index (χ0n) is 16.6. The maximum atomic E-state index is 5.77. The van der Waals surface area contributed by atoms with E-state index in [2.05, 4.69) is 55.6 Å². The standard InChI is InChI=1S/C22H24N6OS/c23-22(30)26-25-15-19-7-8-20(29-19)18-6-9-21(24-14-18)28-12-10-27(11-13-28)16-17-4-2-1-3-5-17/h1-9,14-15H,10-13,16H2,(H3,23,26,30). The van der Waals surface area contributed by atoms with Crippen LogP contribution in [0.4, 0.5) is 5.82 Å². The summed E-state index contributed by atoms with van der Waals surface area (Å²) in [6.07, 6.45) is 3.37. The Morgan fingerprint density at radius 2 is 1.90 bits per heavy atom. The van der Waals surface area contributed by atoms with Crippen molar-refractivity contribution in [3.8, 4) is 11.3 Å². The number of hydrogen-bond acceptors (Lipinski definition) is 6. The van der Waals surface area contributed by atoms with E-state index < -0.39 is 0 Å². The highest BCUT2D eigenvalue weighted by Crippen LogP contribution is 2.23. The molecule has 1 aliphatic heterocycles. The molecule has 7 nitrogen and oxygen atoms in total. The second kappa shape index (κ2) is 9.51. The van der Waals surface area contributed by atoms with Crippen molar-refractivity contribution >= 4 is 29.4 Å². The summed E-state index contributed by atoms with van der Waals surface area (Å²) in [4.78, 5) is 9.46. The summed E-state index contributed by atoms with van der Waals surface area (Å²) in [6, 6.07) is 18.4. The van der Waals surface area contributed by atoms with E-state index >= 15 is 0 Å². The van der Waals surface area contributed by atoms with Crippen LogP contribution in [0.2, 0.25) is 0 Å². The SMILES string of the molecule is NC(=S)NN=Cc1ccc(-c2ccc(N3CCN(Cc4ccccc4)CC3)nc2)o1. The van der Waals surface area contributed by atoms with Gasteiger partial charge in [-0.15, -0.1) is 0 Å². The molecule has 0 unspecified atom stereocenters. The van der Waals surface area contributed by atoms with Crippen LogP contribution in [-0.2, 0) is 6.54 Å². The normalized spacial score (nSPS) is 14.9. The molecule has 1 aromatic carbocycles. The van der Waals surface area contributed by atoms with Gasteiger partial charge in [0, 0.05) is 44.5 Å². The highest BCUT2D eigenvalue weighted by atomic mass is 32.1. The van der Waals surface area contributed by atoms with Gasteiger partial charge in [-0.1, -0.05) is 30.3 Å². The second-order valence-electron chi connectivity index (χ2n) is 7.09. The summed E-state index contributed by atoms with van der Waals surface area (Å²) in [7, 11) is 0. The molecule has 4 rings (SSSR count). The number of nitrogens with zero attached hydrogens (tertiary/aromatic N) is 4. The Bertz CT molecular complexity index is 994. The van der Waals surface area contributed by atoms with E-state index in [4.69, 9.17) is 22.4 Å². The van der Waals surface area contributed by atoms with E-state index in [1.54, 1.807) is 0 Å². The Morgan fingerprint density at radius 1 is 1.10 bits per heavy atom. The Morgan fingerprint density at radius 3 is 2.60 bits per heavy atom. The average Bonchev–Trinajstić information content (AvgIpc) is 3.24. The second-order valence-corrected chi connectivity index (χ2v) is 7.53. The van der Waals surface area contributed by atoms with Crippen LogP contribution in [0.15, 0.2) is 70.3 Å². The van der Waals surface area contributed by atoms with Gasteiger partial charge in [-0.2, -0.15) is 5.10 Å². The molecule has 3 aromatic rings. The smallest absolute Gasteiger partial charge is 0.184 e. The molecule has 8 heteroatoms. The molecule has 2 aromatic heterocycles. The van der Waals surface area contributed by atoms with Crippen molar-refractivity contribution in [2.45, 2.75) is 6.54 Å². The molecule has 0 bridgehead atoms. The van der Waals surface area contributed by atoms with Gasteiger partial charge in [-0.3, -0.25) is 10.3 Å². The number of piperazine rings is 1. The van der Waals surface area contributed by atoms with E-state index in [0.717, 1.165) is 49.9 Å². The molecule has 30 heavy (non-hydrogen) atoms. The highest BCUT2D eigenvalue weighted by molar-refractivity contribution is 7.80. The maximum absolute atomic E-state index is 5.77. The summed E-state index contributed by atoms with van der Waals surface area (Å²) in [5.41, 5.74) is 10.1. The number of furan rings is 1. The number of nitrogens with one attached hydrogen (secondary N) is 1. The van der Waals surface area contributed by atoms with Gasteiger partial charge in [-0.25, -0.2) is 4.98 Å². The monoisotopic (exact) mass is 420 g/mol. The van der Waals surface area contributed by atoms with Crippen molar-refractivity contribution in [3.05, 3.63) is 72.1 Å². The molecular formula is C22H24N6OS. The quantitative estimate of drug-likeness (QED) is 0.360. The minimum absolute atomic E-state index is 0.110. The fraction of sp³-hybridized carbons (Fsp3) is 0.227. The molecule has 1 fully saturated rings. The number of pyridine rings is 1. The predicted octanol–water partition coefficient (Wildman–Crippen LogP) is 2.83. The first-order chi connectivity index (χ1) is 14.7. The van der Waals surface area contributed by atoms with Crippen LogP contribution >= 0.6 is 12.2 Å². The van der Waals surface area contributed by atoms with Gasteiger partial charge in [0.15, 0.2) is 5.11 Å². The lowest BCUT2D eigenvalue weighted by Crippen LogP contribution is -2.46. The minimum Gasteiger partial charge on any atom is -0.455 e. The van der Waals surface area contributed by atoms with Crippen molar-refractivity contribution in [1.82, 2.24) is 15.3 Å². The van der Waals surface area contributed by atoms with Crippen LogP contribution in [0, 0.1) is 0 Å². The molecule has 154 valence electrons. The Hall–Kier alpha value is -3.23. The number of thiocarbonyl (C=S) groups is 1. The van der Waals surface area contributed by atoms with Crippen molar-refractivity contribution in [3.63, 3.8) is 0 Å². The van der Waals surface area contributed by atoms with Crippen molar-refractivity contribution in [1.29, 1.82) is 0 Å². The summed E-state index contributed by atoms with van der Waals surface area (Å²) in [5.74, 6) is 2.33. The number of nitrogens with two attached hydrogens (primary N) is 1. The lowest BCUT2D eigenvalue weighted by Gasteiger charge is -2.35. The average molecular weight is 421 g/mol.